The number of aryl methyl sites for hydroxylation is 1. The third-order valence-corrected chi connectivity index (χ3v) is 6.68. The number of rotatable bonds is 3. The topological polar surface area (TPSA) is 30.0 Å². The Morgan fingerprint density at radius 2 is 1.74 bits per heavy atom. The van der Waals surface area contributed by atoms with E-state index in [2.05, 4.69) is 52.8 Å². The van der Waals surface area contributed by atoms with Crippen LogP contribution in [0.5, 0.6) is 0 Å². The average Bonchev–Trinajstić information content (AvgIpc) is 2.79. The van der Waals surface area contributed by atoms with Crippen molar-refractivity contribution in [3.05, 3.63) is 35.4 Å². The van der Waals surface area contributed by atoms with Crippen molar-refractivity contribution in [1.82, 2.24) is 19.6 Å². The van der Waals surface area contributed by atoms with Crippen molar-refractivity contribution >= 4 is 5.91 Å². The molecule has 1 aromatic rings. The van der Waals surface area contributed by atoms with Gasteiger partial charge in [-0.1, -0.05) is 24.3 Å². The number of hydrogen-bond donors (Lipinski definition) is 0. The van der Waals surface area contributed by atoms with E-state index in [4.69, 9.17) is 0 Å². The lowest BCUT2D eigenvalue weighted by Gasteiger charge is -2.47. The van der Waals surface area contributed by atoms with E-state index in [0.717, 1.165) is 57.5 Å². The number of nitrogens with zero attached hydrogens (tertiary/aromatic N) is 4. The van der Waals surface area contributed by atoms with Gasteiger partial charge in [0.05, 0.1) is 0 Å². The predicted molar refractivity (Wildman–Crippen MR) is 111 cm³/mol. The molecule has 0 N–H and O–H groups in total. The van der Waals surface area contributed by atoms with Gasteiger partial charge in [0.1, 0.15) is 6.04 Å². The summed E-state index contributed by atoms with van der Waals surface area (Å²) in [5.74, 6) is 0.253. The molecule has 0 unspecified atom stereocenters. The van der Waals surface area contributed by atoms with Crippen molar-refractivity contribution in [3.63, 3.8) is 0 Å². The Morgan fingerprint density at radius 1 is 1.07 bits per heavy atom. The summed E-state index contributed by atoms with van der Waals surface area (Å²) in [6, 6.07) is 8.09. The Labute approximate surface area is 164 Å². The lowest BCUT2D eigenvalue weighted by atomic mass is 9.85. The molecule has 27 heavy (non-hydrogen) atoms. The largest absolute Gasteiger partial charge is 0.339 e. The fourth-order valence-corrected chi connectivity index (χ4v) is 4.75. The highest BCUT2D eigenvalue weighted by Gasteiger charge is 2.42. The molecule has 1 spiro atoms. The Kier molecular flexibility index (Phi) is 6.24. The van der Waals surface area contributed by atoms with Crippen LogP contribution in [0.3, 0.4) is 0 Å². The Morgan fingerprint density at radius 3 is 2.37 bits per heavy atom. The maximum absolute atomic E-state index is 13.7. The van der Waals surface area contributed by atoms with Gasteiger partial charge in [-0.2, -0.15) is 0 Å². The second-order valence-electron chi connectivity index (χ2n) is 8.79. The van der Waals surface area contributed by atoms with Crippen molar-refractivity contribution in [2.24, 2.45) is 0 Å². The minimum atomic E-state index is -0.210. The third-order valence-electron chi connectivity index (χ3n) is 6.68. The molecule has 5 heteroatoms. The first kappa shape index (κ1) is 20.3. The van der Waals surface area contributed by atoms with E-state index in [0.29, 0.717) is 0 Å². The standard InChI is InChI=1S/C22H36N4O/c1-18-9-6-7-10-19(18)20(23(2)3)21(27)26-14-8-13-25(5)22(17-26)11-15-24(4)16-12-22/h6-7,9-10,20H,8,11-17H2,1-5H3/t20-/m0/s1. The smallest absolute Gasteiger partial charge is 0.244 e. The molecule has 2 aliphatic rings. The number of piperidine rings is 1. The highest BCUT2D eigenvalue weighted by atomic mass is 16.2. The number of likely N-dealkylation sites (tertiary alicyclic amines) is 1. The molecule has 0 radical (unpaired) electrons. The van der Waals surface area contributed by atoms with Crippen LogP contribution < -0.4 is 0 Å². The zero-order chi connectivity index (χ0) is 19.6. The molecule has 150 valence electrons. The van der Waals surface area contributed by atoms with Gasteiger partial charge >= 0.3 is 0 Å². The van der Waals surface area contributed by atoms with Gasteiger partial charge in [-0.25, -0.2) is 0 Å². The van der Waals surface area contributed by atoms with Gasteiger partial charge in [0.25, 0.3) is 0 Å². The summed E-state index contributed by atoms with van der Waals surface area (Å²) in [4.78, 5) is 22.9. The van der Waals surface area contributed by atoms with Crippen LogP contribution in [-0.2, 0) is 4.79 Å². The highest BCUT2D eigenvalue weighted by molar-refractivity contribution is 5.84. The number of benzene rings is 1. The summed E-state index contributed by atoms with van der Waals surface area (Å²) in [6.45, 7) is 7.12. The summed E-state index contributed by atoms with van der Waals surface area (Å²) >= 11 is 0. The van der Waals surface area contributed by atoms with Crippen molar-refractivity contribution in [3.8, 4) is 0 Å². The maximum Gasteiger partial charge on any atom is 0.244 e. The minimum absolute atomic E-state index is 0.126. The van der Waals surface area contributed by atoms with Crippen LogP contribution in [0, 0.1) is 6.92 Å². The second-order valence-corrected chi connectivity index (χ2v) is 8.79. The van der Waals surface area contributed by atoms with E-state index >= 15 is 0 Å². The Bertz CT molecular complexity index is 651. The number of hydrogen-bond acceptors (Lipinski definition) is 4. The summed E-state index contributed by atoms with van der Waals surface area (Å²) in [7, 11) is 8.49. The van der Waals surface area contributed by atoms with Crippen LogP contribution in [-0.4, -0.2) is 92.0 Å². The van der Waals surface area contributed by atoms with Gasteiger partial charge in [0.2, 0.25) is 5.91 Å². The van der Waals surface area contributed by atoms with E-state index in [-0.39, 0.29) is 17.5 Å². The van der Waals surface area contributed by atoms with Crippen molar-refractivity contribution in [1.29, 1.82) is 0 Å². The molecule has 2 heterocycles. The molecule has 2 saturated heterocycles. The molecule has 0 aliphatic carbocycles. The van der Waals surface area contributed by atoms with Crippen molar-refractivity contribution in [2.45, 2.75) is 37.8 Å². The molecule has 0 aromatic heterocycles. The van der Waals surface area contributed by atoms with E-state index in [1.807, 2.05) is 26.2 Å². The maximum atomic E-state index is 13.7. The normalized spacial score (nSPS) is 22.8. The number of carbonyl (C=O) groups is 1. The predicted octanol–water partition coefficient (Wildman–Crippen LogP) is 2.23. The molecular weight excluding hydrogens is 336 g/mol. The van der Waals surface area contributed by atoms with E-state index in [9.17, 15) is 4.79 Å². The van der Waals surface area contributed by atoms with E-state index in [1.165, 1.54) is 5.56 Å². The molecule has 0 saturated carbocycles. The minimum Gasteiger partial charge on any atom is -0.339 e. The second kappa shape index (κ2) is 8.29. The van der Waals surface area contributed by atoms with Gasteiger partial charge in [-0.15, -0.1) is 0 Å². The monoisotopic (exact) mass is 372 g/mol. The molecule has 3 rings (SSSR count). The first-order valence-electron chi connectivity index (χ1n) is 10.2. The van der Waals surface area contributed by atoms with Crippen LogP contribution in [0.15, 0.2) is 24.3 Å². The molecular formula is C22H36N4O. The number of carbonyl (C=O) groups excluding carboxylic acids is 1. The van der Waals surface area contributed by atoms with Gasteiger partial charge < -0.3 is 9.80 Å². The summed E-state index contributed by atoms with van der Waals surface area (Å²) in [5.41, 5.74) is 2.44. The molecule has 2 fully saturated rings. The molecule has 1 atom stereocenters. The number of likely N-dealkylation sites (N-methyl/N-ethyl adjacent to an activating group) is 2. The fraction of sp³-hybridized carbons (Fsp3) is 0.682. The zero-order valence-corrected chi connectivity index (χ0v) is 17.7. The van der Waals surface area contributed by atoms with Gasteiger partial charge in [-0.05, 0) is 78.6 Å². The summed E-state index contributed by atoms with van der Waals surface area (Å²) < 4.78 is 0. The lowest BCUT2D eigenvalue weighted by Crippen LogP contribution is -2.58. The zero-order valence-electron chi connectivity index (χ0n) is 17.7. The fourth-order valence-electron chi connectivity index (χ4n) is 4.75. The highest BCUT2D eigenvalue weighted by Crippen LogP contribution is 2.33. The summed E-state index contributed by atoms with van der Waals surface area (Å²) in [5, 5.41) is 0. The molecule has 0 bridgehead atoms. The lowest BCUT2D eigenvalue weighted by molar-refractivity contribution is -0.138. The quantitative estimate of drug-likeness (QED) is 0.814. The van der Waals surface area contributed by atoms with Gasteiger partial charge in [-0.3, -0.25) is 14.6 Å². The van der Waals surface area contributed by atoms with E-state index < -0.39 is 0 Å². The number of amides is 1. The van der Waals surface area contributed by atoms with Crippen molar-refractivity contribution in [2.75, 3.05) is 60.9 Å². The Hall–Kier alpha value is -1.43. The Balaban J connectivity index is 1.86. The van der Waals surface area contributed by atoms with Crippen LogP contribution >= 0.6 is 0 Å². The van der Waals surface area contributed by atoms with Gasteiger partial charge in [0.15, 0.2) is 0 Å². The summed E-state index contributed by atoms with van der Waals surface area (Å²) in [6.07, 6.45) is 3.33. The first-order valence-corrected chi connectivity index (χ1v) is 10.2. The SMILES string of the molecule is Cc1ccccc1[C@@H](C(=O)N1CCCN(C)C2(CCN(C)CC2)C1)N(C)C. The molecule has 1 amide bonds. The van der Waals surface area contributed by atoms with Crippen LogP contribution in [0.1, 0.15) is 36.4 Å². The third kappa shape index (κ3) is 4.20. The molecule has 5 nitrogen and oxygen atoms in total. The molecule has 1 aromatic carbocycles. The molecule has 2 aliphatic heterocycles. The van der Waals surface area contributed by atoms with Crippen molar-refractivity contribution < 1.29 is 4.79 Å². The first-order chi connectivity index (χ1) is 12.8. The van der Waals surface area contributed by atoms with Crippen LogP contribution in [0.2, 0.25) is 0 Å². The van der Waals surface area contributed by atoms with E-state index in [1.54, 1.807) is 0 Å². The average molecular weight is 373 g/mol. The van der Waals surface area contributed by atoms with Crippen LogP contribution in [0.4, 0.5) is 0 Å². The van der Waals surface area contributed by atoms with Gasteiger partial charge in [0, 0.05) is 25.2 Å². The van der Waals surface area contributed by atoms with Crippen LogP contribution in [0.25, 0.3) is 0 Å².